The van der Waals surface area contributed by atoms with Crippen LogP contribution in [-0.2, 0) is 24.4 Å². The number of benzene rings is 3. The monoisotopic (exact) mass is 716 g/mol. The van der Waals surface area contributed by atoms with Gasteiger partial charge in [-0.2, -0.15) is 0 Å². The highest BCUT2D eigenvalue weighted by Gasteiger charge is 2.30. The first-order valence-corrected chi connectivity index (χ1v) is 17.3. The van der Waals surface area contributed by atoms with Crippen LogP contribution in [0.15, 0.2) is 152 Å². The predicted molar refractivity (Wildman–Crippen MR) is 210 cm³/mol. The first-order chi connectivity index (χ1) is 25.9. The highest BCUT2D eigenvalue weighted by molar-refractivity contribution is 5.79. The molecule has 0 bridgehead atoms. The minimum absolute atomic E-state index is 0.148. The van der Waals surface area contributed by atoms with Gasteiger partial charge in [-0.25, -0.2) is 13.8 Å². The van der Waals surface area contributed by atoms with Crippen molar-refractivity contribution in [3.05, 3.63) is 170 Å². The summed E-state index contributed by atoms with van der Waals surface area (Å²) in [5.41, 5.74) is 5.92. The Bertz CT molecular complexity index is 1960. The quantitative estimate of drug-likeness (QED) is 0.0896. The molecule has 5 aromatic rings. The molecule has 7 nitrogen and oxygen atoms in total. The van der Waals surface area contributed by atoms with Crippen LogP contribution in [0.4, 0.5) is 8.78 Å². The van der Waals surface area contributed by atoms with Crippen molar-refractivity contribution in [1.29, 1.82) is 0 Å². The highest BCUT2D eigenvalue weighted by atomic mass is 19.1. The van der Waals surface area contributed by atoms with Gasteiger partial charge in [-0.3, -0.25) is 9.98 Å². The van der Waals surface area contributed by atoms with Crippen LogP contribution in [0, 0.1) is 5.82 Å². The third-order valence-corrected chi connectivity index (χ3v) is 8.06. The molecule has 3 heterocycles. The predicted octanol–water partition coefficient (Wildman–Crippen LogP) is 10.9. The summed E-state index contributed by atoms with van der Waals surface area (Å²) in [6, 6.07) is 26.5. The van der Waals surface area contributed by atoms with Crippen molar-refractivity contribution in [2.75, 3.05) is 13.7 Å². The molecule has 0 saturated carbocycles. The van der Waals surface area contributed by atoms with Crippen molar-refractivity contribution in [1.82, 2.24) is 14.5 Å². The third-order valence-electron chi connectivity index (χ3n) is 8.06. The summed E-state index contributed by atoms with van der Waals surface area (Å²) >= 11 is 0. The van der Waals surface area contributed by atoms with Crippen LogP contribution in [0.25, 0.3) is 22.5 Å². The van der Waals surface area contributed by atoms with Gasteiger partial charge in [-0.05, 0) is 98.1 Å². The van der Waals surface area contributed by atoms with Crippen LogP contribution in [-0.4, -0.2) is 34.5 Å². The number of aromatic nitrogens is 3. The van der Waals surface area contributed by atoms with Crippen LogP contribution in [0.1, 0.15) is 43.3 Å². The summed E-state index contributed by atoms with van der Waals surface area (Å²) in [7, 11) is 1.66. The first kappa shape index (κ1) is 39.8. The Hall–Kier alpha value is -5.93. The number of fused-ring (bicyclic) bond motifs is 1. The molecule has 0 radical (unpaired) electrons. The van der Waals surface area contributed by atoms with Crippen molar-refractivity contribution < 1.29 is 23.0 Å². The fourth-order valence-corrected chi connectivity index (χ4v) is 5.53. The number of nitrogens with zero attached hydrogens (tertiary/aromatic N) is 4. The van der Waals surface area contributed by atoms with Crippen molar-refractivity contribution in [2.24, 2.45) is 4.99 Å². The standard InChI is InChI=1S/C33H30FN3O3.C6H9F.C5H7N/c1-38-29-12-5-23(6-13-29)21-40-30-4-2-3-24(19-30)20-39-22-28-11-14-31-36-32(25-7-9-27(34)10-8-25)33(37(28)31)26-15-17-35-18-16-26;1-3-5-6(7)4-2;1-3-5-6-4-2/h2-10,12-13,15-19,28H,11,14,20-22H2,1H3;3-5H,1-2H3;3-5H,1-2H2/b;5-3-,6-4+;/t28-;;/m0../s1. The van der Waals surface area contributed by atoms with Gasteiger partial charge in [-0.1, -0.05) is 55.7 Å². The lowest BCUT2D eigenvalue weighted by atomic mass is 10.0. The Morgan fingerprint density at radius 2 is 1.68 bits per heavy atom. The van der Waals surface area contributed by atoms with E-state index >= 15 is 0 Å². The largest absolute Gasteiger partial charge is 0.497 e. The number of allylic oxidation sites excluding steroid dienone is 5. The summed E-state index contributed by atoms with van der Waals surface area (Å²) in [5, 5.41) is 0. The van der Waals surface area contributed by atoms with Gasteiger partial charge in [0.2, 0.25) is 0 Å². The molecule has 2 aromatic heterocycles. The molecule has 0 saturated heterocycles. The molecule has 0 amide bonds. The average Bonchev–Trinajstić information content (AvgIpc) is 3.77. The maximum Gasteiger partial charge on any atom is 0.123 e. The maximum absolute atomic E-state index is 13.6. The number of rotatable bonds is 13. The molecule has 3 aromatic carbocycles. The normalized spacial score (nSPS) is 13.5. The number of methoxy groups -OCH3 is 1. The molecule has 9 heteroatoms. The summed E-state index contributed by atoms with van der Waals surface area (Å²) in [4.78, 5) is 12.8. The van der Waals surface area contributed by atoms with Crippen LogP contribution in [0.2, 0.25) is 0 Å². The van der Waals surface area contributed by atoms with E-state index in [-0.39, 0.29) is 17.7 Å². The SMILES string of the molecule is C/C=C\C(F)=C/C.C=CC=NC=C.COc1ccc(COc2cccc(COC[C@@H]3CCc4nc(-c5ccc(F)cc5)c(-c5ccncc5)n43)c2)cc1. The van der Waals surface area contributed by atoms with E-state index in [4.69, 9.17) is 19.2 Å². The number of aliphatic imine (C=N–C) groups is 1. The molecule has 0 unspecified atom stereocenters. The van der Waals surface area contributed by atoms with Crippen LogP contribution in [0.5, 0.6) is 11.5 Å². The Balaban J connectivity index is 0.000000414. The molecular weight excluding hydrogens is 671 g/mol. The summed E-state index contributed by atoms with van der Waals surface area (Å²) in [6.07, 6.45) is 14.5. The Morgan fingerprint density at radius 3 is 2.30 bits per heavy atom. The average molecular weight is 717 g/mol. The number of imidazole rings is 1. The summed E-state index contributed by atoms with van der Waals surface area (Å²) in [5.74, 6) is 2.21. The number of aryl methyl sites for hydroxylation is 1. The molecule has 0 spiro atoms. The third kappa shape index (κ3) is 12.1. The van der Waals surface area contributed by atoms with Crippen molar-refractivity contribution >= 4 is 6.21 Å². The van der Waals surface area contributed by atoms with E-state index in [1.165, 1.54) is 30.5 Å². The van der Waals surface area contributed by atoms with Gasteiger partial charge in [0, 0.05) is 42.4 Å². The second kappa shape index (κ2) is 21.4. The Morgan fingerprint density at radius 1 is 0.925 bits per heavy atom. The lowest BCUT2D eigenvalue weighted by Gasteiger charge is -2.18. The van der Waals surface area contributed by atoms with Gasteiger partial charge < -0.3 is 18.8 Å². The summed E-state index contributed by atoms with van der Waals surface area (Å²) < 4.78 is 45.3. The summed E-state index contributed by atoms with van der Waals surface area (Å²) in [6.45, 7) is 11.7. The zero-order valence-electron chi connectivity index (χ0n) is 30.5. The second-order valence-electron chi connectivity index (χ2n) is 11.7. The number of hydrogen-bond acceptors (Lipinski definition) is 6. The van der Waals surface area contributed by atoms with Gasteiger partial charge in [0.15, 0.2) is 0 Å². The zero-order valence-corrected chi connectivity index (χ0v) is 30.5. The maximum atomic E-state index is 13.6. The number of halogens is 2. The van der Waals surface area contributed by atoms with Gasteiger partial charge in [0.1, 0.15) is 35.6 Å². The fourth-order valence-electron chi connectivity index (χ4n) is 5.53. The van der Waals surface area contributed by atoms with E-state index < -0.39 is 0 Å². The topological polar surface area (TPSA) is 70.8 Å². The van der Waals surface area contributed by atoms with Crippen molar-refractivity contribution in [3.8, 4) is 34.0 Å². The van der Waals surface area contributed by atoms with Gasteiger partial charge in [-0.15, -0.1) is 0 Å². The Kier molecular flexibility index (Phi) is 16.1. The van der Waals surface area contributed by atoms with Crippen molar-refractivity contribution in [2.45, 2.75) is 45.9 Å². The number of hydrogen-bond donors (Lipinski definition) is 0. The highest BCUT2D eigenvalue weighted by Crippen LogP contribution is 2.39. The van der Waals surface area contributed by atoms with Crippen LogP contribution in [0.3, 0.4) is 0 Å². The lowest BCUT2D eigenvalue weighted by Crippen LogP contribution is -2.13. The van der Waals surface area contributed by atoms with Crippen molar-refractivity contribution in [3.63, 3.8) is 0 Å². The molecule has 6 rings (SSSR count). The van der Waals surface area contributed by atoms with Gasteiger partial charge >= 0.3 is 0 Å². The minimum atomic E-state index is -0.262. The van der Waals surface area contributed by atoms with Crippen LogP contribution >= 0.6 is 0 Å². The molecule has 53 heavy (non-hydrogen) atoms. The van der Waals surface area contributed by atoms with Crippen LogP contribution < -0.4 is 9.47 Å². The number of ether oxygens (including phenoxy) is 3. The first-order valence-electron chi connectivity index (χ1n) is 17.3. The molecule has 1 atom stereocenters. The molecule has 0 aliphatic carbocycles. The van der Waals surface area contributed by atoms with E-state index in [9.17, 15) is 8.78 Å². The molecule has 0 N–H and O–H groups in total. The van der Waals surface area contributed by atoms with E-state index in [0.29, 0.717) is 19.8 Å². The van der Waals surface area contributed by atoms with E-state index in [0.717, 1.165) is 63.8 Å². The molecule has 274 valence electrons. The zero-order chi connectivity index (χ0) is 37.8. The van der Waals surface area contributed by atoms with Gasteiger partial charge in [0.05, 0.1) is 37.8 Å². The Labute approximate surface area is 311 Å². The minimum Gasteiger partial charge on any atom is -0.497 e. The smallest absolute Gasteiger partial charge is 0.123 e. The molecule has 1 aliphatic heterocycles. The van der Waals surface area contributed by atoms with E-state index in [1.807, 2.05) is 60.7 Å². The van der Waals surface area contributed by atoms with E-state index in [1.54, 1.807) is 63.9 Å². The fraction of sp³-hybridized carbons (Fsp3) is 0.205. The number of pyridine rings is 1. The lowest BCUT2D eigenvalue weighted by molar-refractivity contribution is 0.0923. The van der Waals surface area contributed by atoms with E-state index in [2.05, 4.69) is 27.7 Å². The van der Waals surface area contributed by atoms with Gasteiger partial charge in [0.25, 0.3) is 0 Å². The second-order valence-corrected chi connectivity index (χ2v) is 11.7. The molecular formula is C44H46F2N4O3. The molecule has 1 aliphatic rings. The molecule has 0 fully saturated rings.